The lowest BCUT2D eigenvalue weighted by atomic mass is 10.1. The molecule has 0 fully saturated rings. The van der Waals surface area contributed by atoms with E-state index in [-0.39, 0.29) is 11.6 Å². The van der Waals surface area contributed by atoms with Gasteiger partial charge < -0.3 is 19.5 Å². The molecule has 1 aliphatic heterocycles. The van der Waals surface area contributed by atoms with E-state index in [1.807, 2.05) is 18.2 Å². The maximum absolute atomic E-state index is 12.1. The molecule has 0 atom stereocenters. The Balaban J connectivity index is 1.93. The lowest BCUT2D eigenvalue weighted by molar-refractivity contribution is -0.110. The van der Waals surface area contributed by atoms with Crippen molar-refractivity contribution >= 4 is 39.5 Å². The van der Waals surface area contributed by atoms with Crippen molar-refractivity contribution in [1.29, 1.82) is 0 Å². The van der Waals surface area contributed by atoms with Crippen LogP contribution < -0.4 is 19.5 Å². The number of nitrogens with one attached hydrogen (secondary N) is 1. The smallest absolute Gasteiger partial charge is 0.276 e. The molecular formula is C18H16BrN3O4. The molecule has 134 valence electrons. The van der Waals surface area contributed by atoms with Crippen molar-refractivity contribution < 1.29 is 19.0 Å². The molecule has 8 heteroatoms. The molecule has 0 saturated carbocycles. The van der Waals surface area contributed by atoms with Crippen LogP contribution in [0.2, 0.25) is 0 Å². The summed E-state index contributed by atoms with van der Waals surface area (Å²) in [5.74, 6) is 1.22. The molecule has 1 heterocycles. The Morgan fingerprint density at radius 1 is 1.04 bits per heavy atom. The highest BCUT2D eigenvalue weighted by Crippen LogP contribution is 2.37. The van der Waals surface area contributed by atoms with Crippen molar-refractivity contribution in [3.63, 3.8) is 0 Å². The Hall–Kier alpha value is -2.87. The number of carbonyl (C=O) groups is 1. The van der Waals surface area contributed by atoms with Crippen LogP contribution in [-0.4, -0.2) is 39.2 Å². The van der Waals surface area contributed by atoms with Gasteiger partial charge in [0.25, 0.3) is 5.91 Å². The molecule has 0 bridgehead atoms. The van der Waals surface area contributed by atoms with Gasteiger partial charge in [-0.1, -0.05) is 15.9 Å². The summed E-state index contributed by atoms with van der Waals surface area (Å²) < 4.78 is 16.7. The second-order valence-corrected chi connectivity index (χ2v) is 6.21. The van der Waals surface area contributed by atoms with Crippen molar-refractivity contribution in [2.75, 3.05) is 26.6 Å². The van der Waals surface area contributed by atoms with Crippen molar-refractivity contribution in [3.05, 3.63) is 45.9 Å². The van der Waals surface area contributed by atoms with Crippen molar-refractivity contribution in [2.24, 2.45) is 10.2 Å². The number of rotatable bonds is 5. The summed E-state index contributed by atoms with van der Waals surface area (Å²) in [6, 6.07) is 8.96. The number of carbonyl (C=O) groups excluding carboxylic acids is 1. The van der Waals surface area contributed by atoms with Crippen molar-refractivity contribution in [3.8, 4) is 17.2 Å². The predicted molar refractivity (Wildman–Crippen MR) is 103 cm³/mol. The lowest BCUT2D eigenvalue weighted by Gasteiger charge is -2.12. The minimum Gasteiger partial charge on any atom is -0.493 e. The van der Waals surface area contributed by atoms with E-state index in [1.165, 1.54) is 27.5 Å². The van der Waals surface area contributed by atoms with E-state index in [2.05, 4.69) is 31.4 Å². The Labute approximate surface area is 158 Å². The van der Waals surface area contributed by atoms with Gasteiger partial charge in [-0.15, -0.1) is 5.10 Å². The minimum atomic E-state index is -0.292. The third-order valence-corrected chi connectivity index (χ3v) is 4.24. The normalized spacial score (nSPS) is 14.5. The molecule has 0 radical (unpaired) electrons. The fourth-order valence-corrected chi connectivity index (χ4v) is 2.91. The second-order valence-electron chi connectivity index (χ2n) is 5.30. The summed E-state index contributed by atoms with van der Waals surface area (Å²) in [6.07, 6.45) is 1.51. The minimum absolute atomic E-state index is 0.255. The van der Waals surface area contributed by atoms with E-state index in [9.17, 15) is 4.79 Å². The number of halogens is 1. The van der Waals surface area contributed by atoms with Crippen molar-refractivity contribution in [1.82, 2.24) is 0 Å². The SMILES string of the molecule is COc1cc(C=NN=C2C(=O)Nc3ccc(Br)cc32)cc(OC)c1OC. The summed E-state index contributed by atoms with van der Waals surface area (Å²) in [4.78, 5) is 12.1. The second kappa shape index (κ2) is 7.57. The summed E-state index contributed by atoms with van der Waals surface area (Å²) >= 11 is 3.39. The Kier molecular flexibility index (Phi) is 5.22. The summed E-state index contributed by atoms with van der Waals surface area (Å²) in [7, 11) is 4.61. The number of anilines is 1. The first kappa shape index (κ1) is 17.9. The van der Waals surface area contributed by atoms with Crippen LogP contribution in [0.4, 0.5) is 5.69 Å². The topological polar surface area (TPSA) is 81.5 Å². The third kappa shape index (κ3) is 3.41. The molecule has 1 aliphatic rings. The molecule has 2 aromatic carbocycles. The van der Waals surface area contributed by atoms with Crippen LogP contribution >= 0.6 is 15.9 Å². The molecule has 7 nitrogen and oxygen atoms in total. The zero-order chi connectivity index (χ0) is 18.7. The van der Waals surface area contributed by atoms with Gasteiger partial charge in [0.15, 0.2) is 17.2 Å². The van der Waals surface area contributed by atoms with Gasteiger partial charge in [0, 0.05) is 15.6 Å². The van der Waals surface area contributed by atoms with Gasteiger partial charge in [-0.2, -0.15) is 5.10 Å². The van der Waals surface area contributed by atoms with E-state index in [0.717, 1.165) is 4.47 Å². The number of fused-ring (bicyclic) bond motifs is 1. The standard InChI is InChI=1S/C18H16BrN3O4/c1-24-14-6-10(7-15(25-2)17(14)26-3)9-20-22-16-12-8-11(19)4-5-13(12)21-18(16)23/h4-9H,1-3H3,(H,21,22,23). The van der Waals surface area contributed by atoms with Gasteiger partial charge in [0.05, 0.1) is 33.2 Å². The first-order chi connectivity index (χ1) is 12.6. The van der Waals surface area contributed by atoms with Gasteiger partial charge in [-0.25, -0.2) is 0 Å². The molecule has 1 amide bonds. The molecule has 0 saturated heterocycles. The van der Waals surface area contributed by atoms with Gasteiger partial charge in [-0.3, -0.25) is 4.79 Å². The van der Waals surface area contributed by atoms with E-state index >= 15 is 0 Å². The van der Waals surface area contributed by atoms with Crippen LogP contribution in [0.15, 0.2) is 45.0 Å². The first-order valence-electron chi connectivity index (χ1n) is 7.59. The molecule has 0 aliphatic carbocycles. The van der Waals surface area contributed by atoms with Gasteiger partial charge in [0.2, 0.25) is 5.75 Å². The number of methoxy groups -OCH3 is 3. The number of hydrogen-bond acceptors (Lipinski definition) is 6. The highest BCUT2D eigenvalue weighted by atomic mass is 79.9. The van der Waals surface area contributed by atoms with Crippen LogP contribution in [0.3, 0.4) is 0 Å². The molecule has 26 heavy (non-hydrogen) atoms. The largest absolute Gasteiger partial charge is 0.493 e. The molecule has 0 spiro atoms. The highest BCUT2D eigenvalue weighted by Gasteiger charge is 2.26. The molecule has 3 rings (SSSR count). The molecule has 2 aromatic rings. The van der Waals surface area contributed by atoms with E-state index in [4.69, 9.17) is 14.2 Å². The molecule has 0 unspecified atom stereocenters. The third-order valence-electron chi connectivity index (χ3n) is 3.75. The average molecular weight is 418 g/mol. The maximum atomic E-state index is 12.1. The monoisotopic (exact) mass is 417 g/mol. The Morgan fingerprint density at radius 2 is 1.73 bits per heavy atom. The number of nitrogens with zero attached hydrogens (tertiary/aromatic N) is 2. The van der Waals surface area contributed by atoms with E-state index in [1.54, 1.807) is 12.1 Å². The molecule has 1 N–H and O–H groups in total. The van der Waals surface area contributed by atoms with E-state index in [0.29, 0.717) is 34.1 Å². The Morgan fingerprint density at radius 3 is 2.35 bits per heavy atom. The maximum Gasteiger partial charge on any atom is 0.276 e. The Bertz CT molecular complexity index is 900. The lowest BCUT2D eigenvalue weighted by Crippen LogP contribution is -2.13. The van der Waals surface area contributed by atoms with Gasteiger partial charge in [0.1, 0.15) is 0 Å². The van der Waals surface area contributed by atoms with Gasteiger partial charge >= 0.3 is 0 Å². The quantitative estimate of drug-likeness (QED) is 0.597. The number of amides is 1. The van der Waals surface area contributed by atoms with Crippen LogP contribution in [0.1, 0.15) is 11.1 Å². The summed E-state index contributed by atoms with van der Waals surface area (Å²) in [5, 5.41) is 10.9. The first-order valence-corrected chi connectivity index (χ1v) is 8.39. The number of ether oxygens (including phenoxy) is 3. The van der Waals surface area contributed by atoms with Crippen LogP contribution in [0, 0.1) is 0 Å². The highest BCUT2D eigenvalue weighted by molar-refractivity contribution is 9.10. The van der Waals surface area contributed by atoms with E-state index < -0.39 is 0 Å². The van der Waals surface area contributed by atoms with Crippen LogP contribution in [0.25, 0.3) is 0 Å². The van der Waals surface area contributed by atoms with Crippen LogP contribution in [-0.2, 0) is 4.79 Å². The van der Waals surface area contributed by atoms with Gasteiger partial charge in [-0.05, 0) is 30.3 Å². The summed E-state index contributed by atoms with van der Waals surface area (Å²) in [6.45, 7) is 0. The zero-order valence-corrected chi connectivity index (χ0v) is 16.0. The average Bonchev–Trinajstić information content (AvgIpc) is 2.95. The molecular weight excluding hydrogens is 402 g/mol. The van der Waals surface area contributed by atoms with Crippen LogP contribution in [0.5, 0.6) is 17.2 Å². The predicted octanol–water partition coefficient (Wildman–Crippen LogP) is 3.25. The molecule has 0 aromatic heterocycles. The number of benzene rings is 2. The fraction of sp³-hybridized carbons (Fsp3) is 0.167. The zero-order valence-electron chi connectivity index (χ0n) is 14.4. The summed E-state index contributed by atoms with van der Waals surface area (Å²) in [5.41, 5.74) is 2.35. The number of hydrogen-bond donors (Lipinski definition) is 1. The fourth-order valence-electron chi connectivity index (χ4n) is 2.55. The van der Waals surface area contributed by atoms with Crippen molar-refractivity contribution in [2.45, 2.75) is 0 Å².